The molecule has 0 radical (unpaired) electrons. The number of nitrogens with zero attached hydrogens (tertiary/aromatic N) is 7. The van der Waals surface area contributed by atoms with Crippen molar-refractivity contribution in [3.8, 4) is 22.6 Å². The SMILES string of the molecule is O=C(Nc1cccc(-c2nc3sccn3c2-c2ccnc(Nc3ccc(N4CCOCC4)cc3)n2)c1)c1cnccn1. The summed E-state index contributed by atoms with van der Waals surface area (Å²) >= 11 is 1.54. The van der Waals surface area contributed by atoms with Crippen molar-refractivity contribution in [1.29, 1.82) is 0 Å². The Balaban J connectivity index is 1.17. The van der Waals surface area contributed by atoms with Crippen LogP contribution in [0.2, 0.25) is 0 Å². The second kappa shape index (κ2) is 11.4. The monoisotopic (exact) mass is 575 g/mol. The Morgan fingerprint density at radius 1 is 0.929 bits per heavy atom. The van der Waals surface area contributed by atoms with Gasteiger partial charge in [-0.05, 0) is 42.5 Å². The molecular weight excluding hydrogens is 550 g/mol. The molecule has 2 aromatic carbocycles. The van der Waals surface area contributed by atoms with Gasteiger partial charge in [-0.3, -0.25) is 14.2 Å². The molecule has 12 heteroatoms. The molecule has 0 spiro atoms. The van der Waals surface area contributed by atoms with E-state index in [-0.39, 0.29) is 11.6 Å². The van der Waals surface area contributed by atoms with E-state index in [1.54, 1.807) is 6.20 Å². The predicted molar refractivity (Wildman–Crippen MR) is 162 cm³/mol. The average Bonchev–Trinajstić information content (AvgIpc) is 3.65. The Labute approximate surface area is 244 Å². The maximum absolute atomic E-state index is 12.7. The van der Waals surface area contributed by atoms with Crippen LogP contribution < -0.4 is 15.5 Å². The molecule has 6 aromatic rings. The minimum atomic E-state index is -0.337. The van der Waals surface area contributed by atoms with E-state index < -0.39 is 0 Å². The zero-order valence-electron chi connectivity index (χ0n) is 22.3. The van der Waals surface area contributed by atoms with E-state index in [0.717, 1.165) is 59.6 Å². The molecule has 1 amide bonds. The molecule has 1 aliphatic rings. The minimum Gasteiger partial charge on any atom is -0.378 e. The number of aromatic nitrogens is 6. The Morgan fingerprint density at radius 2 is 1.81 bits per heavy atom. The third-order valence-corrected chi connectivity index (χ3v) is 7.61. The van der Waals surface area contributed by atoms with Gasteiger partial charge in [0.2, 0.25) is 5.95 Å². The molecule has 2 N–H and O–H groups in total. The first kappa shape index (κ1) is 25.7. The molecule has 42 heavy (non-hydrogen) atoms. The summed E-state index contributed by atoms with van der Waals surface area (Å²) < 4.78 is 7.49. The van der Waals surface area contributed by atoms with Crippen molar-refractivity contribution in [2.75, 3.05) is 41.8 Å². The van der Waals surface area contributed by atoms with Crippen LogP contribution in [0.15, 0.2) is 91.0 Å². The van der Waals surface area contributed by atoms with Crippen molar-refractivity contribution in [3.63, 3.8) is 0 Å². The van der Waals surface area contributed by atoms with E-state index >= 15 is 0 Å². The summed E-state index contributed by atoms with van der Waals surface area (Å²) in [5.41, 5.74) is 6.05. The fourth-order valence-corrected chi connectivity index (χ4v) is 5.56. The molecule has 0 unspecified atom stereocenters. The van der Waals surface area contributed by atoms with Gasteiger partial charge in [-0.25, -0.2) is 19.9 Å². The molecule has 0 saturated carbocycles. The summed E-state index contributed by atoms with van der Waals surface area (Å²) in [5.74, 6) is 0.142. The molecule has 4 aromatic heterocycles. The molecule has 1 fully saturated rings. The smallest absolute Gasteiger partial charge is 0.275 e. The molecule has 7 rings (SSSR count). The van der Waals surface area contributed by atoms with Gasteiger partial charge in [-0.15, -0.1) is 11.3 Å². The zero-order valence-corrected chi connectivity index (χ0v) is 23.2. The highest BCUT2D eigenvalue weighted by molar-refractivity contribution is 7.15. The number of fused-ring (bicyclic) bond motifs is 1. The average molecular weight is 576 g/mol. The number of hydrogen-bond acceptors (Lipinski definition) is 10. The molecule has 1 aliphatic heterocycles. The summed E-state index contributed by atoms with van der Waals surface area (Å²) in [6.07, 6.45) is 8.16. The number of hydrogen-bond donors (Lipinski definition) is 2. The van der Waals surface area contributed by atoms with Gasteiger partial charge in [-0.1, -0.05) is 12.1 Å². The number of anilines is 4. The van der Waals surface area contributed by atoms with Crippen molar-refractivity contribution < 1.29 is 9.53 Å². The largest absolute Gasteiger partial charge is 0.378 e. The maximum atomic E-state index is 12.7. The summed E-state index contributed by atoms with van der Waals surface area (Å²) in [4.78, 5) is 38.1. The summed E-state index contributed by atoms with van der Waals surface area (Å²) in [6.45, 7) is 3.27. The van der Waals surface area contributed by atoms with Crippen LogP contribution in [0.4, 0.5) is 23.0 Å². The maximum Gasteiger partial charge on any atom is 0.275 e. The van der Waals surface area contributed by atoms with Gasteiger partial charge in [0, 0.05) is 65.9 Å². The van der Waals surface area contributed by atoms with Gasteiger partial charge in [0.25, 0.3) is 5.91 Å². The highest BCUT2D eigenvalue weighted by Crippen LogP contribution is 2.35. The Morgan fingerprint density at radius 3 is 2.64 bits per heavy atom. The van der Waals surface area contributed by atoms with Crippen LogP contribution in [-0.2, 0) is 4.74 Å². The van der Waals surface area contributed by atoms with E-state index in [2.05, 4.69) is 42.6 Å². The van der Waals surface area contributed by atoms with Crippen LogP contribution in [0, 0.1) is 0 Å². The van der Waals surface area contributed by atoms with Crippen molar-refractivity contribution in [3.05, 3.63) is 96.7 Å². The highest BCUT2D eigenvalue weighted by atomic mass is 32.1. The molecule has 0 atom stereocenters. The Hall–Kier alpha value is -5.20. The van der Waals surface area contributed by atoms with Crippen molar-refractivity contribution in [1.82, 2.24) is 29.3 Å². The molecular formula is C30H25N9O2S. The first-order valence-electron chi connectivity index (χ1n) is 13.4. The van der Waals surface area contributed by atoms with Crippen LogP contribution in [0.25, 0.3) is 27.6 Å². The topological polar surface area (TPSA) is 122 Å². The summed E-state index contributed by atoms with van der Waals surface area (Å²) in [6, 6.07) is 17.7. The van der Waals surface area contributed by atoms with Crippen LogP contribution in [-0.4, -0.2) is 61.5 Å². The summed E-state index contributed by atoms with van der Waals surface area (Å²) in [7, 11) is 0. The number of amides is 1. The lowest BCUT2D eigenvalue weighted by molar-refractivity contribution is 0.102. The van der Waals surface area contributed by atoms with Gasteiger partial charge in [-0.2, -0.15) is 0 Å². The quantitative estimate of drug-likeness (QED) is 0.266. The Bertz CT molecular complexity index is 1850. The van der Waals surface area contributed by atoms with Gasteiger partial charge in [0.1, 0.15) is 11.4 Å². The summed E-state index contributed by atoms with van der Waals surface area (Å²) in [5, 5.41) is 8.22. The molecule has 0 aliphatic carbocycles. The number of benzene rings is 2. The lowest BCUT2D eigenvalue weighted by Crippen LogP contribution is -2.36. The normalized spacial score (nSPS) is 13.3. The van der Waals surface area contributed by atoms with Gasteiger partial charge in [0.15, 0.2) is 4.96 Å². The first-order valence-corrected chi connectivity index (χ1v) is 14.3. The first-order chi connectivity index (χ1) is 20.7. The van der Waals surface area contributed by atoms with E-state index in [1.165, 1.54) is 29.9 Å². The molecule has 5 heterocycles. The number of carbonyl (C=O) groups is 1. The third-order valence-electron chi connectivity index (χ3n) is 6.85. The van der Waals surface area contributed by atoms with Crippen LogP contribution >= 0.6 is 11.3 Å². The van der Waals surface area contributed by atoms with Crippen molar-refractivity contribution >= 4 is 45.2 Å². The minimum absolute atomic E-state index is 0.239. The molecule has 208 valence electrons. The number of carbonyl (C=O) groups excluding carboxylic acids is 1. The Kier molecular flexibility index (Phi) is 6.96. The molecule has 11 nitrogen and oxygen atoms in total. The van der Waals surface area contributed by atoms with E-state index in [4.69, 9.17) is 14.7 Å². The van der Waals surface area contributed by atoms with Crippen LogP contribution in [0.3, 0.4) is 0 Å². The number of thiazole rings is 1. The predicted octanol–water partition coefficient (Wildman–Crippen LogP) is 5.14. The number of ether oxygens (including phenoxy) is 1. The number of rotatable bonds is 7. The second-order valence-corrected chi connectivity index (χ2v) is 10.4. The number of nitrogens with one attached hydrogen (secondary N) is 2. The fourth-order valence-electron chi connectivity index (χ4n) is 4.84. The molecule has 1 saturated heterocycles. The van der Waals surface area contributed by atoms with Crippen LogP contribution in [0.5, 0.6) is 0 Å². The van der Waals surface area contributed by atoms with E-state index in [9.17, 15) is 4.79 Å². The standard InChI is InChI=1S/C30H25N9O2S/c40-28(25-19-31-10-11-32-25)34-22-3-1-2-20(18-22)26-27(39-14-17-42-30(39)37-26)24-8-9-33-29(36-24)35-21-4-6-23(7-5-21)38-12-15-41-16-13-38/h1-11,14,17-19H,12-13,15-16H2,(H,34,40)(H,33,35,36). The van der Waals surface area contributed by atoms with Gasteiger partial charge >= 0.3 is 0 Å². The number of imidazole rings is 1. The van der Waals surface area contributed by atoms with Crippen LogP contribution in [0.1, 0.15) is 10.5 Å². The van der Waals surface area contributed by atoms with E-state index in [0.29, 0.717) is 17.3 Å². The van der Waals surface area contributed by atoms with Crippen molar-refractivity contribution in [2.45, 2.75) is 0 Å². The zero-order chi connectivity index (χ0) is 28.3. The van der Waals surface area contributed by atoms with Gasteiger partial charge in [0.05, 0.1) is 30.8 Å². The van der Waals surface area contributed by atoms with E-state index in [1.807, 2.05) is 58.4 Å². The number of morpholine rings is 1. The lowest BCUT2D eigenvalue weighted by atomic mass is 10.1. The lowest BCUT2D eigenvalue weighted by Gasteiger charge is -2.28. The molecule has 0 bridgehead atoms. The van der Waals surface area contributed by atoms with Crippen molar-refractivity contribution in [2.24, 2.45) is 0 Å². The third kappa shape index (κ3) is 5.28. The fraction of sp³-hybridized carbons (Fsp3) is 0.133. The highest BCUT2D eigenvalue weighted by Gasteiger charge is 2.19. The second-order valence-electron chi connectivity index (χ2n) is 9.53. The van der Waals surface area contributed by atoms with Gasteiger partial charge < -0.3 is 20.3 Å².